The first-order valence-corrected chi connectivity index (χ1v) is 6.71. The second-order valence-electron chi connectivity index (χ2n) is 4.53. The monoisotopic (exact) mass is 296 g/mol. The van der Waals surface area contributed by atoms with Crippen LogP contribution in [0.4, 0.5) is 0 Å². The maximum Gasteiger partial charge on any atom is 0.251 e. The van der Waals surface area contributed by atoms with Gasteiger partial charge >= 0.3 is 0 Å². The number of halogens is 1. The standard InChI is InChI=1S/C13H17BrN2O/c1-9-2-3-11(14)6-12(9)13(17)16-8-10-4-5-15-7-10/h2-3,6,10,15H,4-5,7-8H2,1H3,(H,16,17). The Kier molecular flexibility index (Phi) is 4.18. The quantitative estimate of drug-likeness (QED) is 0.897. The minimum atomic E-state index is 0.0238. The van der Waals surface area contributed by atoms with Gasteiger partial charge in [-0.1, -0.05) is 22.0 Å². The molecule has 4 heteroatoms. The molecule has 0 radical (unpaired) electrons. The van der Waals surface area contributed by atoms with Crippen molar-refractivity contribution in [3.63, 3.8) is 0 Å². The molecule has 2 N–H and O–H groups in total. The lowest BCUT2D eigenvalue weighted by Gasteiger charge is -2.11. The van der Waals surface area contributed by atoms with Crippen LogP contribution in [0.2, 0.25) is 0 Å². The number of aryl methyl sites for hydroxylation is 1. The summed E-state index contributed by atoms with van der Waals surface area (Å²) in [5, 5.41) is 6.31. The highest BCUT2D eigenvalue weighted by Gasteiger charge is 2.16. The Balaban J connectivity index is 1.96. The van der Waals surface area contributed by atoms with Crippen LogP contribution in [-0.4, -0.2) is 25.5 Å². The largest absolute Gasteiger partial charge is 0.352 e. The van der Waals surface area contributed by atoms with Crippen molar-refractivity contribution in [1.29, 1.82) is 0 Å². The Bertz CT molecular complexity index is 414. The molecular formula is C13H17BrN2O. The van der Waals surface area contributed by atoms with Gasteiger partial charge in [-0.3, -0.25) is 4.79 Å². The lowest BCUT2D eigenvalue weighted by Crippen LogP contribution is -2.30. The molecule has 1 aliphatic rings. The van der Waals surface area contributed by atoms with Crippen LogP contribution in [0.3, 0.4) is 0 Å². The van der Waals surface area contributed by atoms with Crippen LogP contribution in [0.1, 0.15) is 22.3 Å². The molecule has 1 saturated heterocycles. The lowest BCUT2D eigenvalue weighted by atomic mass is 10.1. The molecule has 92 valence electrons. The fourth-order valence-electron chi connectivity index (χ4n) is 2.06. The molecule has 0 saturated carbocycles. The average Bonchev–Trinajstić information content (AvgIpc) is 2.82. The fourth-order valence-corrected chi connectivity index (χ4v) is 2.42. The van der Waals surface area contributed by atoms with Crippen LogP contribution in [0, 0.1) is 12.8 Å². The maximum atomic E-state index is 12.0. The average molecular weight is 297 g/mol. The van der Waals surface area contributed by atoms with Gasteiger partial charge < -0.3 is 10.6 Å². The summed E-state index contributed by atoms with van der Waals surface area (Å²) in [7, 11) is 0. The van der Waals surface area contributed by atoms with Crippen molar-refractivity contribution in [3.05, 3.63) is 33.8 Å². The molecule has 0 aliphatic carbocycles. The molecule has 1 heterocycles. The van der Waals surface area contributed by atoms with Crippen LogP contribution < -0.4 is 10.6 Å². The number of carbonyl (C=O) groups excluding carboxylic acids is 1. The minimum Gasteiger partial charge on any atom is -0.352 e. The lowest BCUT2D eigenvalue weighted by molar-refractivity contribution is 0.0947. The highest BCUT2D eigenvalue weighted by atomic mass is 79.9. The molecule has 1 aromatic rings. The summed E-state index contributed by atoms with van der Waals surface area (Å²) in [4.78, 5) is 12.0. The Morgan fingerprint density at radius 3 is 3.12 bits per heavy atom. The van der Waals surface area contributed by atoms with E-state index in [0.29, 0.717) is 5.92 Å². The van der Waals surface area contributed by atoms with E-state index in [0.717, 1.165) is 41.7 Å². The Morgan fingerprint density at radius 2 is 2.41 bits per heavy atom. The highest BCUT2D eigenvalue weighted by Crippen LogP contribution is 2.16. The van der Waals surface area contributed by atoms with Gasteiger partial charge in [0.15, 0.2) is 0 Å². The number of carbonyl (C=O) groups is 1. The molecule has 1 amide bonds. The van der Waals surface area contributed by atoms with E-state index >= 15 is 0 Å². The van der Waals surface area contributed by atoms with Gasteiger partial charge in [0.2, 0.25) is 0 Å². The number of amides is 1. The third kappa shape index (κ3) is 3.30. The predicted molar refractivity (Wildman–Crippen MR) is 72.2 cm³/mol. The number of hydrogen-bond acceptors (Lipinski definition) is 2. The zero-order valence-electron chi connectivity index (χ0n) is 9.92. The van der Waals surface area contributed by atoms with Gasteiger partial charge in [-0.15, -0.1) is 0 Å². The summed E-state index contributed by atoms with van der Waals surface area (Å²) in [5.74, 6) is 0.599. The summed E-state index contributed by atoms with van der Waals surface area (Å²) in [6, 6.07) is 5.78. The summed E-state index contributed by atoms with van der Waals surface area (Å²) < 4.78 is 0.941. The van der Waals surface area contributed by atoms with Gasteiger partial charge in [-0.25, -0.2) is 0 Å². The van der Waals surface area contributed by atoms with Gasteiger partial charge in [0.25, 0.3) is 5.91 Å². The topological polar surface area (TPSA) is 41.1 Å². The van der Waals surface area contributed by atoms with Crippen molar-refractivity contribution in [3.8, 4) is 0 Å². The van der Waals surface area contributed by atoms with Gasteiger partial charge in [-0.2, -0.15) is 0 Å². The third-order valence-electron chi connectivity index (χ3n) is 3.16. The predicted octanol–water partition coefficient (Wildman–Crippen LogP) is 2.10. The molecule has 3 nitrogen and oxygen atoms in total. The summed E-state index contributed by atoms with van der Waals surface area (Å²) in [5.41, 5.74) is 1.76. The number of benzene rings is 1. The number of rotatable bonds is 3. The maximum absolute atomic E-state index is 12.0. The van der Waals surface area contributed by atoms with E-state index in [1.165, 1.54) is 0 Å². The first kappa shape index (κ1) is 12.6. The summed E-state index contributed by atoms with van der Waals surface area (Å²) >= 11 is 3.39. The Hall–Kier alpha value is -0.870. The molecular weight excluding hydrogens is 280 g/mol. The zero-order valence-corrected chi connectivity index (χ0v) is 11.5. The van der Waals surface area contributed by atoms with E-state index in [2.05, 4.69) is 26.6 Å². The van der Waals surface area contributed by atoms with Crippen LogP contribution >= 0.6 is 15.9 Å². The highest BCUT2D eigenvalue weighted by molar-refractivity contribution is 9.10. The number of nitrogens with one attached hydrogen (secondary N) is 2. The zero-order chi connectivity index (χ0) is 12.3. The Morgan fingerprint density at radius 1 is 1.59 bits per heavy atom. The van der Waals surface area contributed by atoms with Crippen LogP contribution in [0.25, 0.3) is 0 Å². The van der Waals surface area contributed by atoms with Crippen molar-refractivity contribution < 1.29 is 4.79 Å². The van der Waals surface area contributed by atoms with E-state index in [-0.39, 0.29) is 5.91 Å². The molecule has 0 bridgehead atoms. The first-order valence-electron chi connectivity index (χ1n) is 5.92. The molecule has 1 unspecified atom stereocenters. The van der Waals surface area contributed by atoms with E-state index in [9.17, 15) is 4.79 Å². The molecule has 1 aliphatic heterocycles. The first-order chi connectivity index (χ1) is 8.16. The molecule has 0 spiro atoms. The smallest absolute Gasteiger partial charge is 0.251 e. The van der Waals surface area contributed by atoms with Gasteiger partial charge in [0.1, 0.15) is 0 Å². The van der Waals surface area contributed by atoms with Crippen LogP contribution in [0.15, 0.2) is 22.7 Å². The van der Waals surface area contributed by atoms with Gasteiger partial charge in [0, 0.05) is 16.6 Å². The van der Waals surface area contributed by atoms with E-state index in [4.69, 9.17) is 0 Å². The van der Waals surface area contributed by atoms with Crippen LogP contribution in [-0.2, 0) is 0 Å². The molecule has 1 fully saturated rings. The van der Waals surface area contributed by atoms with Crippen molar-refractivity contribution in [2.75, 3.05) is 19.6 Å². The molecule has 1 atom stereocenters. The summed E-state index contributed by atoms with van der Waals surface area (Å²) in [6.07, 6.45) is 1.15. The molecule has 17 heavy (non-hydrogen) atoms. The van der Waals surface area contributed by atoms with Gasteiger partial charge in [-0.05, 0) is 50.0 Å². The van der Waals surface area contributed by atoms with Crippen molar-refractivity contribution in [2.45, 2.75) is 13.3 Å². The molecule has 1 aromatic carbocycles. The van der Waals surface area contributed by atoms with Crippen molar-refractivity contribution in [1.82, 2.24) is 10.6 Å². The van der Waals surface area contributed by atoms with Crippen LogP contribution in [0.5, 0.6) is 0 Å². The van der Waals surface area contributed by atoms with Crippen molar-refractivity contribution >= 4 is 21.8 Å². The third-order valence-corrected chi connectivity index (χ3v) is 3.65. The van der Waals surface area contributed by atoms with E-state index < -0.39 is 0 Å². The van der Waals surface area contributed by atoms with Crippen molar-refractivity contribution in [2.24, 2.45) is 5.92 Å². The second kappa shape index (κ2) is 5.65. The second-order valence-corrected chi connectivity index (χ2v) is 5.44. The van der Waals surface area contributed by atoms with E-state index in [1.807, 2.05) is 25.1 Å². The number of hydrogen-bond donors (Lipinski definition) is 2. The van der Waals surface area contributed by atoms with E-state index in [1.54, 1.807) is 0 Å². The normalized spacial score (nSPS) is 19.3. The van der Waals surface area contributed by atoms with Gasteiger partial charge in [0.05, 0.1) is 0 Å². The summed E-state index contributed by atoms with van der Waals surface area (Å²) in [6.45, 7) is 4.80. The SMILES string of the molecule is Cc1ccc(Br)cc1C(=O)NCC1CCNC1. The molecule has 2 rings (SSSR count). The minimum absolute atomic E-state index is 0.0238. The fraction of sp³-hybridized carbons (Fsp3) is 0.462. The Labute approximate surface area is 110 Å². The molecule has 0 aromatic heterocycles.